The maximum absolute atomic E-state index is 9.29. The van der Waals surface area contributed by atoms with Crippen LogP contribution in [0.3, 0.4) is 0 Å². The Kier molecular flexibility index (Phi) is 5.38. The minimum absolute atomic E-state index is 0.283. The molecule has 18 heavy (non-hydrogen) atoms. The van der Waals surface area contributed by atoms with E-state index in [1.807, 2.05) is 0 Å². The molecule has 0 radical (unpaired) electrons. The zero-order valence-electron chi connectivity index (χ0n) is 11.6. The Balaban J connectivity index is 1.59. The van der Waals surface area contributed by atoms with E-state index in [1.165, 1.54) is 57.1 Å². The molecule has 102 valence electrons. The van der Waals surface area contributed by atoms with Gasteiger partial charge in [0.1, 0.15) is 5.54 Å². The Morgan fingerprint density at radius 1 is 1.22 bits per heavy atom. The number of nitrogens with one attached hydrogen (secondary N) is 1. The molecule has 1 unspecified atom stereocenters. The molecule has 0 aromatic carbocycles. The van der Waals surface area contributed by atoms with Gasteiger partial charge in [-0.2, -0.15) is 17.0 Å². The van der Waals surface area contributed by atoms with Crippen LogP contribution < -0.4 is 5.32 Å². The Morgan fingerprint density at radius 2 is 1.94 bits per heavy atom. The summed E-state index contributed by atoms with van der Waals surface area (Å²) in [5.74, 6) is 1.23. The highest BCUT2D eigenvalue weighted by molar-refractivity contribution is 7.99. The summed E-state index contributed by atoms with van der Waals surface area (Å²) in [4.78, 5) is 0. The van der Waals surface area contributed by atoms with Gasteiger partial charge in [-0.3, -0.25) is 5.32 Å². The predicted molar refractivity (Wildman–Crippen MR) is 78.7 cm³/mol. The van der Waals surface area contributed by atoms with E-state index in [0.717, 1.165) is 11.7 Å². The first-order chi connectivity index (χ1) is 8.72. The first kappa shape index (κ1) is 14.2. The quantitative estimate of drug-likeness (QED) is 0.711. The van der Waals surface area contributed by atoms with Gasteiger partial charge in [-0.1, -0.05) is 19.3 Å². The van der Waals surface area contributed by atoms with Crippen LogP contribution in [0.1, 0.15) is 64.7 Å². The second-order valence-electron chi connectivity index (χ2n) is 6.10. The molecule has 0 spiro atoms. The van der Waals surface area contributed by atoms with Gasteiger partial charge in [0.15, 0.2) is 0 Å². The summed E-state index contributed by atoms with van der Waals surface area (Å²) in [6.07, 6.45) is 11.8. The molecule has 0 bridgehead atoms. The van der Waals surface area contributed by atoms with Crippen molar-refractivity contribution in [2.75, 3.05) is 5.75 Å². The summed E-state index contributed by atoms with van der Waals surface area (Å²) >= 11 is 2.15. The topological polar surface area (TPSA) is 35.8 Å². The molecule has 0 saturated heterocycles. The molecule has 2 nitrogen and oxygen atoms in total. The second-order valence-corrected chi connectivity index (χ2v) is 7.51. The van der Waals surface area contributed by atoms with Gasteiger partial charge < -0.3 is 0 Å². The lowest BCUT2D eigenvalue weighted by atomic mass is 9.98. The van der Waals surface area contributed by atoms with Crippen LogP contribution in [0.5, 0.6) is 0 Å². The van der Waals surface area contributed by atoms with Crippen molar-refractivity contribution in [3.05, 3.63) is 0 Å². The SMILES string of the molecule is CC(C#N)(CCCSC1CCCCC1)NC1CC1. The predicted octanol–water partition coefficient (Wildman–Crippen LogP) is 3.87. The lowest BCUT2D eigenvalue weighted by molar-refractivity contribution is 0.411. The number of hydrogen-bond donors (Lipinski definition) is 1. The number of hydrogen-bond acceptors (Lipinski definition) is 3. The fraction of sp³-hybridized carbons (Fsp3) is 0.933. The molecule has 1 N–H and O–H groups in total. The van der Waals surface area contributed by atoms with Crippen LogP contribution in [-0.2, 0) is 0 Å². The molecule has 0 heterocycles. The Labute approximate surface area is 116 Å². The van der Waals surface area contributed by atoms with Crippen LogP contribution in [0.4, 0.5) is 0 Å². The maximum Gasteiger partial charge on any atom is 0.104 e. The maximum atomic E-state index is 9.29. The fourth-order valence-electron chi connectivity index (χ4n) is 2.75. The summed E-state index contributed by atoms with van der Waals surface area (Å²) in [5.41, 5.74) is -0.283. The van der Waals surface area contributed by atoms with Gasteiger partial charge in [-0.05, 0) is 51.2 Å². The molecule has 2 aliphatic carbocycles. The van der Waals surface area contributed by atoms with Crippen LogP contribution in [0.2, 0.25) is 0 Å². The molecular weight excluding hydrogens is 240 g/mol. The second kappa shape index (κ2) is 6.82. The Bertz CT molecular complexity index is 289. The van der Waals surface area contributed by atoms with Crippen molar-refractivity contribution < 1.29 is 0 Å². The third-order valence-electron chi connectivity index (χ3n) is 4.07. The molecule has 0 aromatic rings. The fourth-order valence-corrected chi connectivity index (χ4v) is 4.06. The van der Waals surface area contributed by atoms with E-state index < -0.39 is 0 Å². The third kappa shape index (κ3) is 4.82. The molecule has 3 heteroatoms. The van der Waals surface area contributed by atoms with Crippen LogP contribution >= 0.6 is 11.8 Å². The first-order valence-electron chi connectivity index (χ1n) is 7.52. The van der Waals surface area contributed by atoms with Gasteiger partial charge in [-0.25, -0.2) is 0 Å². The third-order valence-corrected chi connectivity index (χ3v) is 5.54. The minimum atomic E-state index is -0.283. The van der Waals surface area contributed by atoms with Crippen LogP contribution in [0, 0.1) is 11.3 Å². The largest absolute Gasteiger partial charge is 0.297 e. The average molecular weight is 266 g/mol. The van der Waals surface area contributed by atoms with Gasteiger partial charge in [0.05, 0.1) is 6.07 Å². The van der Waals surface area contributed by atoms with E-state index in [9.17, 15) is 5.26 Å². The van der Waals surface area contributed by atoms with Crippen molar-refractivity contribution in [3.63, 3.8) is 0 Å². The van der Waals surface area contributed by atoms with Crippen molar-refractivity contribution in [3.8, 4) is 6.07 Å². The van der Waals surface area contributed by atoms with E-state index in [0.29, 0.717) is 6.04 Å². The highest BCUT2D eigenvalue weighted by Gasteiger charge is 2.31. The lowest BCUT2D eigenvalue weighted by Gasteiger charge is -2.24. The van der Waals surface area contributed by atoms with Gasteiger partial charge in [-0.15, -0.1) is 0 Å². The zero-order valence-corrected chi connectivity index (χ0v) is 12.4. The van der Waals surface area contributed by atoms with Gasteiger partial charge >= 0.3 is 0 Å². The molecule has 2 fully saturated rings. The molecular formula is C15H26N2S. The lowest BCUT2D eigenvalue weighted by Crippen LogP contribution is -2.42. The van der Waals surface area contributed by atoms with Gasteiger partial charge in [0.2, 0.25) is 0 Å². The molecule has 0 amide bonds. The number of nitrogens with zero attached hydrogens (tertiary/aromatic N) is 1. The van der Waals surface area contributed by atoms with E-state index in [1.54, 1.807) is 0 Å². The van der Waals surface area contributed by atoms with Crippen molar-refractivity contribution >= 4 is 11.8 Å². The van der Waals surface area contributed by atoms with Gasteiger partial charge in [0, 0.05) is 11.3 Å². The first-order valence-corrected chi connectivity index (χ1v) is 8.57. The zero-order chi connectivity index (χ0) is 12.8. The summed E-state index contributed by atoms with van der Waals surface area (Å²) in [6, 6.07) is 3.09. The molecule has 1 atom stereocenters. The number of rotatable bonds is 7. The Hall–Kier alpha value is -0.200. The highest BCUT2D eigenvalue weighted by Crippen LogP contribution is 2.30. The number of thioether (sulfide) groups is 1. The Morgan fingerprint density at radius 3 is 2.56 bits per heavy atom. The monoisotopic (exact) mass is 266 g/mol. The van der Waals surface area contributed by atoms with E-state index >= 15 is 0 Å². The summed E-state index contributed by atoms with van der Waals surface area (Å²) < 4.78 is 0. The summed E-state index contributed by atoms with van der Waals surface area (Å²) in [5, 5.41) is 13.7. The van der Waals surface area contributed by atoms with Crippen molar-refractivity contribution in [1.82, 2.24) is 5.32 Å². The molecule has 2 aliphatic rings. The minimum Gasteiger partial charge on any atom is -0.297 e. The molecule has 2 rings (SSSR count). The van der Waals surface area contributed by atoms with Crippen molar-refractivity contribution in [2.45, 2.75) is 81.5 Å². The van der Waals surface area contributed by atoms with Crippen LogP contribution in [0.25, 0.3) is 0 Å². The molecule has 2 saturated carbocycles. The highest BCUT2D eigenvalue weighted by atomic mass is 32.2. The van der Waals surface area contributed by atoms with Gasteiger partial charge in [0.25, 0.3) is 0 Å². The van der Waals surface area contributed by atoms with Crippen molar-refractivity contribution in [2.24, 2.45) is 0 Å². The van der Waals surface area contributed by atoms with Crippen LogP contribution in [-0.4, -0.2) is 22.6 Å². The smallest absolute Gasteiger partial charge is 0.104 e. The summed E-state index contributed by atoms with van der Waals surface area (Å²) in [6.45, 7) is 2.07. The molecule has 0 aliphatic heterocycles. The van der Waals surface area contributed by atoms with E-state index in [-0.39, 0.29) is 5.54 Å². The normalized spacial score (nSPS) is 24.4. The van der Waals surface area contributed by atoms with Crippen LogP contribution in [0.15, 0.2) is 0 Å². The standard InChI is InChI=1S/C15H26N2S/c1-15(12-16,17-13-8-9-13)10-5-11-18-14-6-3-2-4-7-14/h13-14,17H,2-11H2,1H3. The van der Waals surface area contributed by atoms with E-state index in [2.05, 4.69) is 30.1 Å². The van der Waals surface area contributed by atoms with E-state index in [4.69, 9.17) is 0 Å². The van der Waals surface area contributed by atoms with Crippen molar-refractivity contribution in [1.29, 1.82) is 5.26 Å². The summed E-state index contributed by atoms with van der Waals surface area (Å²) in [7, 11) is 0. The number of nitriles is 1. The average Bonchev–Trinajstić information content (AvgIpc) is 3.20. The molecule has 0 aromatic heterocycles.